The third-order valence-electron chi connectivity index (χ3n) is 5.70. The quantitative estimate of drug-likeness (QED) is 0.756. The summed E-state index contributed by atoms with van der Waals surface area (Å²) in [7, 11) is 6.05. The third kappa shape index (κ3) is 5.98. The number of likely N-dealkylation sites (N-methyl/N-ethyl adjacent to an activating group) is 1. The van der Waals surface area contributed by atoms with E-state index in [0.29, 0.717) is 6.54 Å². The van der Waals surface area contributed by atoms with Crippen LogP contribution in [-0.4, -0.2) is 69.6 Å². The van der Waals surface area contributed by atoms with E-state index in [4.69, 9.17) is 0 Å². The molecule has 0 aromatic heterocycles. The summed E-state index contributed by atoms with van der Waals surface area (Å²) in [6.45, 7) is 4.03. The van der Waals surface area contributed by atoms with Gasteiger partial charge >= 0.3 is 6.18 Å². The molecule has 0 bridgehead atoms. The lowest BCUT2D eigenvalue weighted by Crippen LogP contribution is -2.48. The molecule has 1 saturated heterocycles. The van der Waals surface area contributed by atoms with Gasteiger partial charge < -0.3 is 15.1 Å². The van der Waals surface area contributed by atoms with Gasteiger partial charge in [0.2, 0.25) is 0 Å². The van der Waals surface area contributed by atoms with Crippen LogP contribution in [0, 0.1) is 0 Å². The molecule has 1 fully saturated rings. The Balaban J connectivity index is 1.73. The number of carbonyl (C=O) groups excluding carboxylic acids is 1. The first kappa shape index (κ1) is 23.1. The van der Waals surface area contributed by atoms with Crippen molar-refractivity contribution in [3.05, 3.63) is 65.2 Å². The minimum atomic E-state index is -4.42. The second kappa shape index (κ2) is 9.70. The molecule has 1 heterocycles. The average Bonchev–Trinajstić information content (AvgIpc) is 2.74. The number of amides is 1. The van der Waals surface area contributed by atoms with Gasteiger partial charge in [-0.2, -0.15) is 13.2 Å². The fourth-order valence-corrected chi connectivity index (χ4v) is 3.69. The first-order valence-corrected chi connectivity index (χ1v) is 10.3. The van der Waals surface area contributed by atoms with Gasteiger partial charge in [-0.1, -0.05) is 12.1 Å². The van der Waals surface area contributed by atoms with Crippen molar-refractivity contribution in [2.75, 3.05) is 58.8 Å². The van der Waals surface area contributed by atoms with Gasteiger partial charge in [0.15, 0.2) is 0 Å². The van der Waals surface area contributed by atoms with E-state index in [9.17, 15) is 18.0 Å². The van der Waals surface area contributed by atoms with Crippen LogP contribution in [0.2, 0.25) is 0 Å². The number of piperazine rings is 1. The highest BCUT2D eigenvalue weighted by molar-refractivity contribution is 5.94. The van der Waals surface area contributed by atoms with Gasteiger partial charge in [-0.3, -0.25) is 9.69 Å². The fraction of sp³-hybridized carbons (Fsp3) is 0.435. The van der Waals surface area contributed by atoms with Gasteiger partial charge in [0, 0.05) is 58.1 Å². The molecule has 31 heavy (non-hydrogen) atoms. The van der Waals surface area contributed by atoms with Crippen LogP contribution in [0.3, 0.4) is 0 Å². The Morgan fingerprint density at radius 3 is 2.10 bits per heavy atom. The molecular weight excluding hydrogens is 405 g/mol. The Hall–Kier alpha value is -2.58. The van der Waals surface area contributed by atoms with E-state index in [2.05, 4.69) is 46.4 Å². The second-order valence-corrected chi connectivity index (χ2v) is 8.13. The van der Waals surface area contributed by atoms with Crippen LogP contribution in [0.15, 0.2) is 48.5 Å². The van der Waals surface area contributed by atoms with Crippen molar-refractivity contribution in [1.29, 1.82) is 0 Å². The average molecular weight is 435 g/mol. The van der Waals surface area contributed by atoms with Crippen LogP contribution >= 0.6 is 0 Å². The predicted molar refractivity (Wildman–Crippen MR) is 116 cm³/mol. The maximum absolute atomic E-state index is 12.8. The molecule has 0 spiro atoms. The molecule has 168 valence electrons. The molecule has 8 heteroatoms. The molecule has 2 aromatic rings. The lowest BCUT2D eigenvalue weighted by Gasteiger charge is -2.38. The summed E-state index contributed by atoms with van der Waals surface area (Å²) in [5.74, 6) is -0.377. The lowest BCUT2D eigenvalue weighted by molar-refractivity contribution is -0.137. The van der Waals surface area contributed by atoms with Crippen LogP contribution in [0.5, 0.6) is 0 Å². The van der Waals surface area contributed by atoms with Crippen molar-refractivity contribution in [1.82, 2.24) is 15.1 Å². The zero-order valence-electron chi connectivity index (χ0n) is 18.1. The topological polar surface area (TPSA) is 38.8 Å². The molecule has 1 N–H and O–H groups in total. The standard InChI is InChI=1S/C23H29F3N4O/c1-28(2)20-10-6-17(7-11-20)21(30-14-12-29(3)13-15-30)16-27-22(31)18-4-8-19(9-5-18)23(24,25)26/h4-11,21H,12-16H2,1-3H3,(H,27,31)/t21-/m0/s1. The number of alkyl halides is 3. The summed E-state index contributed by atoms with van der Waals surface area (Å²) in [5, 5.41) is 2.92. The Labute approximate surface area is 181 Å². The second-order valence-electron chi connectivity index (χ2n) is 8.13. The molecule has 2 aromatic carbocycles. The van der Waals surface area contributed by atoms with Gasteiger partial charge in [0.1, 0.15) is 0 Å². The number of nitrogens with zero attached hydrogens (tertiary/aromatic N) is 3. The molecule has 1 atom stereocenters. The largest absolute Gasteiger partial charge is 0.416 e. The number of benzene rings is 2. The monoisotopic (exact) mass is 434 g/mol. The van der Waals surface area contributed by atoms with E-state index in [1.165, 1.54) is 12.1 Å². The molecule has 5 nitrogen and oxygen atoms in total. The van der Waals surface area contributed by atoms with Crippen molar-refractivity contribution >= 4 is 11.6 Å². The van der Waals surface area contributed by atoms with Gasteiger partial charge in [-0.25, -0.2) is 0 Å². The highest BCUT2D eigenvalue weighted by Gasteiger charge is 2.30. The number of nitrogens with one attached hydrogen (secondary N) is 1. The molecule has 0 unspecified atom stereocenters. The Kier molecular flexibility index (Phi) is 7.23. The minimum Gasteiger partial charge on any atom is -0.378 e. The van der Waals surface area contributed by atoms with E-state index in [-0.39, 0.29) is 17.5 Å². The summed E-state index contributed by atoms with van der Waals surface area (Å²) in [5.41, 5.74) is 1.64. The highest BCUT2D eigenvalue weighted by atomic mass is 19.4. The van der Waals surface area contributed by atoms with Crippen LogP contribution in [0.1, 0.15) is 27.5 Å². The number of hydrogen-bond acceptors (Lipinski definition) is 4. The van der Waals surface area contributed by atoms with Gasteiger partial charge in [-0.15, -0.1) is 0 Å². The van der Waals surface area contributed by atoms with E-state index in [1.807, 2.05) is 19.0 Å². The van der Waals surface area contributed by atoms with Gasteiger partial charge in [0.05, 0.1) is 11.6 Å². The Bertz CT molecular complexity index is 858. The summed E-state index contributed by atoms with van der Waals surface area (Å²) >= 11 is 0. The van der Waals surface area contributed by atoms with Crippen molar-refractivity contribution < 1.29 is 18.0 Å². The maximum atomic E-state index is 12.8. The number of carbonyl (C=O) groups is 1. The Morgan fingerprint density at radius 2 is 1.58 bits per heavy atom. The molecule has 1 amide bonds. The molecule has 0 aliphatic carbocycles. The summed E-state index contributed by atoms with van der Waals surface area (Å²) in [6, 6.07) is 12.5. The van der Waals surface area contributed by atoms with Crippen LogP contribution < -0.4 is 10.2 Å². The van der Waals surface area contributed by atoms with E-state index < -0.39 is 11.7 Å². The molecule has 3 rings (SSSR count). The summed E-state index contributed by atoms with van der Waals surface area (Å²) in [4.78, 5) is 19.2. The van der Waals surface area contributed by atoms with Crippen molar-refractivity contribution in [3.8, 4) is 0 Å². The zero-order valence-corrected chi connectivity index (χ0v) is 18.1. The zero-order chi connectivity index (χ0) is 22.6. The maximum Gasteiger partial charge on any atom is 0.416 e. The summed E-state index contributed by atoms with van der Waals surface area (Å²) < 4.78 is 38.3. The Morgan fingerprint density at radius 1 is 1.00 bits per heavy atom. The molecule has 1 aliphatic heterocycles. The lowest BCUT2D eigenvalue weighted by atomic mass is 10.0. The van der Waals surface area contributed by atoms with E-state index >= 15 is 0 Å². The fourth-order valence-electron chi connectivity index (χ4n) is 3.69. The number of rotatable bonds is 6. The first-order chi connectivity index (χ1) is 14.6. The minimum absolute atomic E-state index is 0.0108. The van der Waals surface area contributed by atoms with Gasteiger partial charge in [0.25, 0.3) is 5.91 Å². The van der Waals surface area contributed by atoms with Gasteiger partial charge in [-0.05, 0) is 49.0 Å². The van der Waals surface area contributed by atoms with Crippen molar-refractivity contribution in [2.24, 2.45) is 0 Å². The third-order valence-corrected chi connectivity index (χ3v) is 5.70. The van der Waals surface area contributed by atoms with E-state index in [0.717, 1.165) is 49.6 Å². The van der Waals surface area contributed by atoms with Crippen LogP contribution in [-0.2, 0) is 6.18 Å². The molecular formula is C23H29F3N4O. The SMILES string of the molecule is CN1CCN([C@@H](CNC(=O)c2ccc(C(F)(F)F)cc2)c2ccc(N(C)C)cc2)CC1. The van der Waals surface area contributed by atoms with Crippen LogP contribution in [0.25, 0.3) is 0 Å². The molecule has 0 radical (unpaired) electrons. The predicted octanol–water partition coefficient (Wildman–Crippen LogP) is 3.49. The summed E-state index contributed by atoms with van der Waals surface area (Å²) in [6.07, 6.45) is -4.42. The van der Waals surface area contributed by atoms with Crippen LogP contribution in [0.4, 0.5) is 18.9 Å². The van der Waals surface area contributed by atoms with Crippen molar-refractivity contribution in [3.63, 3.8) is 0 Å². The highest BCUT2D eigenvalue weighted by Crippen LogP contribution is 2.29. The first-order valence-electron chi connectivity index (χ1n) is 10.3. The van der Waals surface area contributed by atoms with E-state index in [1.54, 1.807) is 0 Å². The normalized spacial score (nSPS) is 16.7. The van der Waals surface area contributed by atoms with Crippen molar-refractivity contribution in [2.45, 2.75) is 12.2 Å². The number of anilines is 1. The number of hydrogen-bond donors (Lipinski definition) is 1. The smallest absolute Gasteiger partial charge is 0.378 e. The molecule has 1 aliphatic rings. The molecule has 0 saturated carbocycles. The number of halogens is 3.